The normalized spacial score (nSPS) is 10.4. The molecule has 2 rings (SSSR count). The third-order valence-electron chi connectivity index (χ3n) is 6.65. The Morgan fingerprint density at radius 3 is 1.30 bits per heavy atom. The fraction of sp³-hybridized carbons (Fsp3) is 0.529. The molecule has 214 valence electrons. The smallest absolute Gasteiger partial charge is 0.338 e. The van der Waals surface area contributed by atoms with Crippen LogP contribution in [0.2, 0.25) is 0 Å². The van der Waals surface area contributed by atoms with Crippen LogP contribution in [0.1, 0.15) is 123 Å². The highest BCUT2D eigenvalue weighted by Crippen LogP contribution is 2.18. The van der Waals surface area contributed by atoms with Gasteiger partial charge in [-0.05, 0) is 49.9 Å². The number of carbonyl (C=O) groups excluding carboxylic acids is 2. The zero-order chi connectivity index (χ0) is 28.7. The number of carbonyl (C=O) groups is 2. The molecule has 0 unspecified atom stereocenters. The van der Waals surface area contributed by atoms with Crippen molar-refractivity contribution in [2.24, 2.45) is 0 Å². The van der Waals surface area contributed by atoms with E-state index in [0.717, 1.165) is 64.2 Å². The minimum atomic E-state index is -0.388. The molecule has 6 nitrogen and oxygen atoms in total. The molecular weight excluding hydrogens is 500 g/mol. The summed E-state index contributed by atoms with van der Waals surface area (Å²) < 4.78 is 10.9. The van der Waals surface area contributed by atoms with Crippen LogP contribution in [0.3, 0.4) is 0 Å². The van der Waals surface area contributed by atoms with Crippen molar-refractivity contribution in [2.45, 2.75) is 103 Å². The van der Waals surface area contributed by atoms with E-state index in [9.17, 15) is 9.59 Å². The van der Waals surface area contributed by atoms with Crippen LogP contribution in [0.25, 0.3) is 11.4 Å². The third kappa shape index (κ3) is 13.9. The molecule has 0 fully saturated rings. The first kappa shape index (κ1) is 32.6. The summed E-state index contributed by atoms with van der Waals surface area (Å²) in [6.07, 6.45) is 30.7. The van der Waals surface area contributed by atoms with E-state index in [1.165, 1.54) is 38.5 Å². The molecule has 0 spiro atoms. The van der Waals surface area contributed by atoms with Crippen molar-refractivity contribution in [3.63, 3.8) is 0 Å². The summed E-state index contributed by atoms with van der Waals surface area (Å²) in [5.41, 5.74) is 1.81. The largest absolute Gasteiger partial charge is 0.462 e. The van der Waals surface area contributed by atoms with Crippen LogP contribution in [0, 0.1) is 24.7 Å². The van der Waals surface area contributed by atoms with Gasteiger partial charge in [0.1, 0.15) is 0 Å². The number of hydrogen-bond acceptors (Lipinski definition) is 6. The van der Waals surface area contributed by atoms with Gasteiger partial charge in [-0.15, -0.1) is 24.7 Å². The Labute approximate surface area is 240 Å². The molecule has 0 N–H and O–H groups in total. The molecule has 0 amide bonds. The average molecular weight is 545 g/mol. The second kappa shape index (κ2) is 21.2. The van der Waals surface area contributed by atoms with Crippen molar-refractivity contribution in [3.05, 3.63) is 47.8 Å². The van der Waals surface area contributed by atoms with Crippen molar-refractivity contribution in [2.75, 3.05) is 13.2 Å². The van der Waals surface area contributed by atoms with Gasteiger partial charge in [-0.2, -0.15) is 0 Å². The standard InChI is InChI=1S/C34H44N2O4/c1-3-5-7-9-11-13-15-17-19-25-39-33(37)29-21-23-35-31(27-29)32-28-30(22-24-36-32)34(38)40-26-20-18-16-14-12-10-8-6-4-2/h1-2,21-24,27-28H,5-20,25-26H2. The number of rotatable bonds is 21. The molecule has 0 aliphatic heterocycles. The first-order valence-corrected chi connectivity index (χ1v) is 14.8. The lowest BCUT2D eigenvalue weighted by Gasteiger charge is -2.08. The highest BCUT2D eigenvalue weighted by molar-refractivity contribution is 5.92. The van der Waals surface area contributed by atoms with Crippen LogP contribution in [-0.4, -0.2) is 35.1 Å². The van der Waals surface area contributed by atoms with Gasteiger partial charge in [-0.1, -0.05) is 64.2 Å². The van der Waals surface area contributed by atoms with Crippen LogP contribution < -0.4 is 0 Å². The maximum absolute atomic E-state index is 12.5. The van der Waals surface area contributed by atoms with E-state index in [1.807, 2.05) is 0 Å². The first-order valence-electron chi connectivity index (χ1n) is 14.8. The highest BCUT2D eigenvalue weighted by Gasteiger charge is 2.13. The van der Waals surface area contributed by atoms with Gasteiger partial charge < -0.3 is 9.47 Å². The van der Waals surface area contributed by atoms with Crippen molar-refractivity contribution in [3.8, 4) is 36.1 Å². The average Bonchev–Trinajstić information content (AvgIpc) is 2.99. The summed E-state index contributed by atoms with van der Waals surface area (Å²) in [7, 11) is 0. The molecule has 0 aliphatic carbocycles. The number of ether oxygens (including phenoxy) is 2. The SMILES string of the molecule is C#CCCCCCCCCCOC(=O)c1ccnc(-c2cc(C(=O)OCCCCCCCCCC#C)ccn2)c1. The van der Waals surface area contributed by atoms with Crippen LogP contribution >= 0.6 is 0 Å². The van der Waals surface area contributed by atoms with E-state index in [4.69, 9.17) is 22.3 Å². The molecule has 6 heteroatoms. The lowest BCUT2D eigenvalue weighted by molar-refractivity contribution is 0.0488. The van der Waals surface area contributed by atoms with Crippen LogP contribution in [-0.2, 0) is 9.47 Å². The molecule has 0 atom stereocenters. The molecule has 0 aliphatic rings. The van der Waals surface area contributed by atoms with Crippen LogP contribution in [0.15, 0.2) is 36.7 Å². The Bertz CT molecular complexity index is 1010. The maximum Gasteiger partial charge on any atom is 0.338 e. The zero-order valence-electron chi connectivity index (χ0n) is 23.9. The Kier molecular flexibility index (Phi) is 17.3. The summed E-state index contributed by atoms with van der Waals surface area (Å²) in [6, 6.07) is 6.53. The Morgan fingerprint density at radius 1 is 0.575 bits per heavy atom. The van der Waals surface area contributed by atoms with Gasteiger partial charge in [-0.25, -0.2) is 9.59 Å². The summed E-state index contributed by atoms with van der Waals surface area (Å²) in [4.78, 5) is 33.8. The number of unbranched alkanes of at least 4 members (excludes halogenated alkanes) is 14. The fourth-order valence-electron chi connectivity index (χ4n) is 4.32. The fourth-order valence-corrected chi connectivity index (χ4v) is 4.32. The molecule has 0 saturated heterocycles. The molecule has 2 heterocycles. The van der Waals surface area contributed by atoms with Gasteiger partial charge in [-0.3, -0.25) is 9.97 Å². The number of aromatic nitrogens is 2. The Balaban J connectivity index is 1.71. The van der Waals surface area contributed by atoms with Gasteiger partial charge in [0, 0.05) is 25.2 Å². The molecule has 40 heavy (non-hydrogen) atoms. The van der Waals surface area contributed by atoms with Gasteiger partial charge in [0.15, 0.2) is 0 Å². The number of hydrogen-bond donors (Lipinski definition) is 0. The zero-order valence-corrected chi connectivity index (χ0v) is 23.9. The molecule has 0 radical (unpaired) electrons. The number of terminal acetylenes is 2. The van der Waals surface area contributed by atoms with E-state index in [2.05, 4.69) is 21.8 Å². The molecule has 0 aromatic carbocycles. The summed E-state index contributed by atoms with van der Waals surface area (Å²) in [5.74, 6) is 4.56. The number of pyridine rings is 2. The molecule has 2 aromatic rings. The molecule has 0 bridgehead atoms. The van der Waals surface area contributed by atoms with Gasteiger partial charge in [0.2, 0.25) is 0 Å². The Morgan fingerprint density at radius 2 is 0.925 bits per heavy atom. The first-order chi connectivity index (χ1) is 19.7. The third-order valence-corrected chi connectivity index (χ3v) is 6.65. The van der Waals surface area contributed by atoms with E-state index < -0.39 is 0 Å². The summed E-state index contributed by atoms with van der Waals surface area (Å²) >= 11 is 0. The van der Waals surface area contributed by atoms with Crippen molar-refractivity contribution in [1.82, 2.24) is 9.97 Å². The molecule has 0 saturated carbocycles. The monoisotopic (exact) mass is 544 g/mol. The summed E-state index contributed by atoms with van der Waals surface area (Å²) in [6.45, 7) is 0.777. The van der Waals surface area contributed by atoms with E-state index in [-0.39, 0.29) is 11.9 Å². The van der Waals surface area contributed by atoms with E-state index in [0.29, 0.717) is 35.7 Å². The van der Waals surface area contributed by atoms with E-state index >= 15 is 0 Å². The lowest BCUT2D eigenvalue weighted by Crippen LogP contribution is -2.08. The van der Waals surface area contributed by atoms with Crippen LogP contribution in [0.4, 0.5) is 0 Å². The predicted octanol–water partition coefficient (Wildman–Crippen LogP) is 7.97. The molecular formula is C34H44N2O4. The van der Waals surface area contributed by atoms with Gasteiger partial charge in [0.25, 0.3) is 0 Å². The summed E-state index contributed by atoms with van der Waals surface area (Å²) in [5, 5.41) is 0. The minimum absolute atomic E-state index is 0.388. The highest BCUT2D eigenvalue weighted by atomic mass is 16.5. The second-order valence-corrected chi connectivity index (χ2v) is 9.99. The Hall–Kier alpha value is -3.64. The molecule has 2 aromatic heterocycles. The van der Waals surface area contributed by atoms with Gasteiger partial charge >= 0.3 is 11.9 Å². The van der Waals surface area contributed by atoms with Crippen molar-refractivity contribution < 1.29 is 19.1 Å². The predicted molar refractivity (Wildman–Crippen MR) is 160 cm³/mol. The lowest BCUT2D eigenvalue weighted by atomic mass is 10.1. The van der Waals surface area contributed by atoms with E-state index in [1.54, 1.807) is 36.7 Å². The van der Waals surface area contributed by atoms with Crippen molar-refractivity contribution in [1.29, 1.82) is 0 Å². The quantitative estimate of drug-likeness (QED) is 0.0901. The topological polar surface area (TPSA) is 78.4 Å². The number of nitrogens with zero attached hydrogens (tertiary/aromatic N) is 2. The number of esters is 2. The minimum Gasteiger partial charge on any atom is -0.462 e. The van der Waals surface area contributed by atoms with Crippen molar-refractivity contribution >= 4 is 11.9 Å². The second-order valence-electron chi connectivity index (χ2n) is 9.99. The van der Waals surface area contributed by atoms with Gasteiger partial charge in [0.05, 0.1) is 35.7 Å². The maximum atomic E-state index is 12.5. The van der Waals surface area contributed by atoms with Crippen LogP contribution in [0.5, 0.6) is 0 Å².